The zero-order chi connectivity index (χ0) is 38.6. The van der Waals surface area contributed by atoms with Gasteiger partial charge in [0.05, 0.1) is 36.9 Å². The van der Waals surface area contributed by atoms with Crippen LogP contribution in [0.15, 0.2) is 146 Å². The summed E-state index contributed by atoms with van der Waals surface area (Å²) in [5.74, 6) is 0.0861. The highest BCUT2D eigenvalue weighted by atomic mass is 28.4. The maximum Gasteiger partial charge on any atom is 0.261 e. The Labute approximate surface area is 324 Å². The minimum atomic E-state index is -2.97. The van der Waals surface area contributed by atoms with Crippen LogP contribution in [0.3, 0.4) is 0 Å². The van der Waals surface area contributed by atoms with Gasteiger partial charge in [-0.3, -0.25) is 14.6 Å². The van der Waals surface area contributed by atoms with Gasteiger partial charge in [-0.05, 0) is 57.7 Å². The van der Waals surface area contributed by atoms with Crippen LogP contribution < -0.4 is 20.4 Å². The summed E-state index contributed by atoms with van der Waals surface area (Å²) in [5, 5.41) is 6.32. The van der Waals surface area contributed by atoms with E-state index in [1.807, 2.05) is 91.0 Å². The third-order valence-corrected chi connectivity index (χ3v) is 16.2. The Bertz CT molecular complexity index is 2210. The number of carbonyl (C=O) groups is 2. The van der Waals surface area contributed by atoms with Crippen molar-refractivity contribution in [3.8, 4) is 5.75 Å². The van der Waals surface area contributed by atoms with Crippen LogP contribution >= 0.6 is 0 Å². The van der Waals surface area contributed by atoms with E-state index in [0.717, 1.165) is 27.8 Å². The van der Waals surface area contributed by atoms with E-state index in [-0.39, 0.29) is 35.2 Å². The normalized spacial score (nSPS) is 18.1. The molecule has 8 heteroatoms. The topological polar surface area (TPSA) is 86.8 Å². The largest absolute Gasteiger partial charge is 0.497 e. The summed E-state index contributed by atoms with van der Waals surface area (Å²) < 4.78 is 19.5. The SMILES string of the molecule is COc1ccc(COCC2(C(=O)Nc3cccc4cccnc34)C(CO[Si](c3ccccc3)(c3ccccc3)C(C)(C)C)C2c2ccc(C(C)=O)cc2)cc1. The van der Waals surface area contributed by atoms with Crippen molar-refractivity contribution in [1.82, 2.24) is 4.98 Å². The van der Waals surface area contributed by atoms with Gasteiger partial charge in [-0.2, -0.15) is 0 Å². The molecule has 1 saturated carbocycles. The molecule has 1 fully saturated rings. The van der Waals surface area contributed by atoms with E-state index in [1.54, 1.807) is 20.2 Å². The number of ketones is 1. The maximum absolute atomic E-state index is 15.2. The van der Waals surface area contributed by atoms with E-state index >= 15 is 4.79 Å². The number of para-hydroxylation sites is 1. The smallest absolute Gasteiger partial charge is 0.261 e. The van der Waals surface area contributed by atoms with E-state index in [0.29, 0.717) is 24.5 Å². The molecule has 1 aliphatic rings. The van der Waals surface area contributed by atoms with E-state index in [9.17, 15) is 4.79 Å². The third kappa shape index (κ3) is 7.37. The Morgan fingerprint density at radius 1 is 0.782 bits per heavy atom. The van der Waals surface area contributed by atoms with Gasteiger partial charge in [0.2, 0.25) is 5.91 Å². The van der Waals surface area contributed by atoms with Crippen molar-refractivity contribution >= 4 is 47.0 Å². The lowest BCUT2D eigenvalue weighted by Crippen LogP contribution is -2.66. The van der Waals surface area contributed by atoms with Crippen LogP contribution in [-0.2, 0) is 20.6 Å². The number of hydrogen-bond acceptors (Lipinski definition) is 6. The Morgan fingerprint density at radius 2 is 1.42 bits per heavy atom. The molecular formula is C47H48N2O5Si. The number of amides is 1. The highest BCUT2D eigenvalue weighted by Crippen LogP contribution is 2.66. The lowest BCUT2D eigenvalue weighted by atomic mass is 9.97. The number of Topliss-reactive ketones (excluding diaryl/α,β-unsaturated/α-hetero) is 1. The molecule has 5 aromatic carbocycles. The predicted molar refractivity (Wildman–Crippen MR) is 222 cm³/mol. The summed E-state index contributed by atoms with van der Waals surface area (Å²) in [6.45, 7) is 9.12. The number of rotatable bonds is 14. The minimum absolute atomic E-state index is 0.01000. The number of hydrogen-bond donors (Lipinski definition) is 1. The van der Waals surface area contributed by atoms with Gasteiger partial charge in [-0.15, -0.1) is 0 Å². The van der Waals surface area contributed by atoms with E-state index in [1.165, 1.54) is 10.4 Å². The highest BCUT2D eigenvalue weighted by Gasteiger charge is 2.70. The number of carbonyl (C=O) groups excluding carboxylic acids is 2. The molecule has 1 amide bonds. The molecular weight excluding hydrogens is 701 g/mol. The minimum Gasteiger partial charge on any atom is -0.497 e. The number of anilines is 1. The van der Waals surface area contributed by atoms with Crippen molar-refractivity contribution in [2.24, 2.45) is 11.3 Å². The van der Waals surface area contributed by atoms with Gasteiger partial charge in [-0.1, -0.05) is 136 Å². The zero-order valence-electron chi connectivity index (χ0n) is 32.1. The second kappa shape index (κ2) is 15.7. The summed E-state index contributed by atoms with van der Waals surface area (Å²) >= 11 is 0. The number of ether oxygens (including phenoxy) is 2. The number of methoxy groups -OCH3 is 1. The number of benzene rings is 5. The molecule has 0 radical (unpaired) electrons. The molecule has 0 bridgehead atoms. The molecule has 3 unspecified atom stereocenters. The average molecular weight is 749 g/mol. The number of nitrogens with zero attached hydrogens (tertiary/aromatic N) is 1. The van der Waals surface area contributed by atoms with Crippen LogP contribution in [0.5, 0.6) is 5.75 Å². The quantitative estimate of drug-likeness (QED) is 0.0888. The van der Waals surface area contributed by atoms with Gasteiger partial charge in [0.1, 0.15) is 5.75 Å². The van der Waals surface area contributed by atoms with Gasteiger partial charge in [0.25, 0.3) is 8.32 Å². The van der Waals surface area contributed by atoms with E-state index in [2.05, 4.69) is 79.6 Å². The lowest BCUT2D eigenvalue weighted by molar-refractivity contribution is -0.124. The van der Waals surface area contributed by atoms with Crippen molar-refractivity contribution in [2.75, 3.05) is 25.6 Å². The first-order valence-corrected chi connectivity index (χ1v) is 20.7. The molecule has 7 rings (SSSR count). The van der Waals surface area contributed by atoms with Crippen LogP contribution in [0.4, 0.5) is 5.69 Å². The monoisotopic (exact) mass is 748 g/mol. The van der Waals surface area contributed by atoms with Crippen molar-refractivity contribution in [2.45, 2.75) is 45.3 Å². The molecule has 1 N–H and O–H groups in total. The lowest BCUT2D eigenvalue weighted by Gasteiger charge is -2.43. The maximum atomic E-state index is 15.2. The summed E-state index contributed by atoms with van der Waals surface area (Å²) in [4.78, 5) is 32.1. The number of fused-ring (bicyclic) bond motifs is 1. The number of nitrogens with one attached hydrogen (secondary N) is 1. The number of aromatic nitrogens is 1. The molecule has 1 aromatic heterocycles. The predicted octanol–water partition coefficient (Wildman–Crippen LogP) is 8.58. The fourth-order valence-electron chi connectivity index (χ4n) is 8.27. The van der Waals surface area contributed by atoms with Gasteiger partial charge in [-0.25, -0.2) is 0 Å². The van der Waals surface area contributed by atoms with Crippen molar-refractivity contribution in [1.29, 1.82) is 0 Å². The second-order valence-corrected chi connectivity index (χ2v) is 19.8. The van der Waals surface area contributed by atoms with Crippen LogP contribution in [0.2, 0.25) is 5.04 Å². The van der Waals surface area contributed by atoms with Crippen LogP contribution in [-0.4, -0.2) is 45.3 Å². The van der Waals surface area contributed by atoms with Gasteiger partial charge in [0.15, 0.2) is 5.78 Å². The van der Waals surface area contributed by atoms with Crippen LogP contribution in [0.25, 0.3) is 10.9 Å². The molecule has 280 valence electrons. The van der Waals surface area contributed by atoms with E-state index in [4.69, 9.17) is 13.9 Å². The second-order valence-electron chi connectivity index (χ2n) is 15.5. The molecule has 0 aliphatic heterocycles. The first-order valence-electron chi connectivity index (χ1n) is 18.8. The third-order valence-electron chi connectivity index (χ3n) is 11.2. The van der Waals surface area contributed by atoms with Crippen molar-refractivity contribution in [3.05, 3.63) is 162 Å². The highest BCUT2D eigenvalue weighted by molar-refractivity contribution is 6.99. The Hall–Kier alpha value is -5.41. The first kappa shape index (κ1) is 37.9. The van der Waals surface area contributed by atoms with Gasteiger partial charge in [0, 0.05) is 35.6 Å². The molecule has 1 heterocycles. The molecule has 0 spiro atoms. The zero-order valence-corrected chi connectivity index (χ0v) is 33.1. The Kier molecular flexibility index (Phi) is 10.8. The summed E-state index contributed by atoms with van der Waals surface area (Å²) in [7, 11) is -1.32. The molecule has 6 aromatic rings. The number of pyridine rings is 1. The molecule has 3 atom stereocenters. The fraction of sp³-hybridized carbons (Fsp3) is 0.255. The molecule has 7 nitrogen and oxygen atoms in total. The first-order chi connectivity index (χ1) is 26.6. The van der Waals surface area contributed by atoms with Crippen LogP contribution in [0, 0.1) is 11.3 Å². The van der Waals surface area contributed by atoms with E-state index < -0.39 is 13.7 Å². The van der Waals surface area contributed by atoms with Crippen molar-refractivity contribution in [3.63, 3.8) is 0 Å². The van der Waals surface area contributed by atoms with Crippen molar-refractivity contribution < 1.29 is 23.5 Å². The van der Waals surface area contributed by atoms with Gasteiger partial charge >= 0.3 is 0 Å². The van der Waals surface area contributed by atoms with Crippen LogP contribution in [0.1, 0.15) is 55.1 Å². The Balaban J connectivity index is 1.32. The standard InChI is InChI=1S/C47H48N2O5Si/c1-33(50)35-23-25-36(26-24-35)43-41(31-54-55(46(2,3)4,39-16-8-6-9-17-39)40-18-10-7-11-19-40)47(43,32-53-30-34-21-27-38(52-5)28-22-34)45(51)49-42-20-12-14-37-15-13-29-48-44(37)42/h6-29,41,43H,30-32H2,1-5H3,(H,49,51). The summed E-state index contributed by atoms with van der Waals surface area (Å²) in [5.41, 5.74) is 2.90. The average Bonchev–Trinajstić information content (AvgIpc) is 3.86. The van der Waals surface area contributed by atoms with Gasteiger partial charge < -0.3 is 19.2 Å². The Morgan fingerprint density at radius 3 is 2.02 bits per heavy atom. The summed E-state index contributed by atoms with van der Waals surface area (Å²) in [6, 6.07) is 46.2. The molecule has 0 saturated heterocycles. The summed E-state index contributed by atoms with van der Waals surface area (Å²) in [6.07, 6.45) is 1.74. The fourth-order valence-corrected chi connectivity index (χ4v) is 12.9. The molecule has 55 heavy (non-hydrogen) atoms. The molecule has 1 aliphatic carbocycles.